The summed E-state index contributed by atoms with van der Waals surface area (Å²) in [6.07, 6.45) is 0.316. The third-order valence-electron chi connectivity index (χ3n) is 7.98. The van der Waals surface area contributed by atoms with Crippen LogP contribution in [0.4, 0.5) is 4.79 Å². The molecule has 0 aromatic heterocycles. The lowest BCUT2D eigenvalue weighted by molar-refractivity contribution is -0.159. The number of aryl methyl sites for hydroxylation is 2. The Bertz CT molecular complexity index is 1410. The molecule has 0 spiro atoms. The Morgan fingerprint density at radius 1 is 0.792 bits per heavy atom. The van der Waals surface area contributed by atoms with Crippen molar-refractivity contribution in [2.75, 3.05) is 0 Å². The van der Waals surface area contributed by atoms with Crippen molar-refractivity contribution >= 4 is 23.9 Å². The fraction of sp³-hybridized carbons (Fsp3) is 0.590. The molecule has 0 aliphatic carbocycles. The summed E-state index contributed by atoms with van der Waals surface area (Å²) in [6.45, 7) is 24.2. The van der Waals surface area contributed by atoms with Crippen LogP contribution in [0.15, 0.2) is 48.5 Å². The number of amides is 3. The molecular formula is C39H59N3O6. The molecule has 2 rings (SSSR count). The molecule has 2 aromatic carbocycles. The molecule has 3 amide bonds. The van der Waals surface area contributed by atoms with Gasteiger partial charge >= 0.3 is 12.1 Å². The van der Waals surface area contributed by atoms with E-state index in [-0.39, 0.29) is 12.3 Å². The van der Waals surface area contributed by atoms with Crippen molar-refractivity contribution in [1.29, 1.82) is 0 Å². The van der Waals surface area contributed by atoms with E-state index in [9.17, 15) is 19.2 Å². The quantitative estimate of drug-likeness (QED) is 0.216. The monoisotopic (exact) mass is 665 g/mol. The van der Waals surface area contributed by atoms with Gasteiger partial charge in [-0.3, -0.25) is 9.59 Å². The zero-order valence-electron chi connectivity index (χ0n) is 31.4. The summed E-state index contributed by atoms with van der Waals surface area (Å²) in [7, 11) is 0. The first-order chi connectivity index (χ1) is 22.0. The summed E-state index contributed by atoms with van der Waals surface area (Å²) in [5.41, 5.74) is 0.793. The van der Waals surface area contributed by atoms with Crippen molar-refractivity contribution in [3.05, 3.63) is 70.8 Å². The standard InChI is InChI=1S/C39H59N3O6/c1-14-39(12,13)42(34(44)30(22-25(2)3)41-36(46)48-38(9,10)11)32(29-23-26(4)20-21-27(29)5)33(43)40-31(35(45)47-37(6,7)8)24-28-18-16-15-17-19-28/h15-21,23,25,30-32H,14,22,24H2,1-13H3,(H,40,43)(H,41,46). The fourth-order valence-corrected chi connectivity index (χ4v) is 5.37. The molecular weight excluding hydrogens is 606 g/mol. The molecule has 0 aliphatic heterocycles. The second-order valence-corrected chi connectivity index (χ2v) is 15.7. The van der Waals surface area contributed by atoms with Crippen LogP contribution in [0, 0.1) is 19.8 Å². The van der Waals surface area contributed by atoms with Crippen molar-refractivity contribution < 1.29 is 28.7 Å². The van der Waals surface area contributed by atoms with E-state index in [4.69, 9.17) is 9.47 Å². The van der Waals surface area contributed by atoms with Gasteiger partial charge in [0.25, 0.3) is 0 Å². The predicted molar refractivity (Wildman–Crippen MR) is 190 cm³/mol. The maximum absolute atomic E-state index is 14.9. The van der Waals surface area contributed by atoms with Crippen LogP contribution in [0.2, 0.25) is 0 Å². The number of ether oxygens (including phenoxy) is 2. The van der Waals surface area contributed by atoms with Gasteiger partial charge in [-0.05, 0) is 105 Å². The molecule has 2 N–H and O–H groups in total. The first-order valence-corrected chi connectivity index (χ1v) is 17.0. The summed E-state index contributed by atoms with van der Waals surface area (Å²) >= 11 is 0. The van der Waals surface area contributed by atoms with Crippen LogP contribution in [0.3, 0.4) is 0 Å². The number of hydrogen-bond acceptors (Lipinski definition) is 6. The Kier molecular flexibility index (Phi) is 13.8. The number of esters is 1. The molecule has 0 saturated heterocycles. The Balaban J connectivity index is 2.76. The van der Waals surface area contributed by atoms with Gasteiger partial charge in [-0.15, -0.1) is 0 Å². The van der Waals surface area contributed by atoms with Gasteiger partial charge in [0.05, 0.1) is 0 Å². The van der Waals surface area contributed by atoms with E-state index in [1.807, 2.05) is 97.0 Å². The molecule has 0 radical (unpaired) electrons. The molecule has 3 atom stereocenters. The summed E-state index contributed by atoms with van der Waals surface area (Å²) in [5.74, 6) is -1.47. The summed E-state index contributed by atoms with van der Waals surface area (Å²) in [4.78, 5) is 58.0. The molecule has 48 heavy (non-hydrogen) atoms. The van der Waals surface area contributed by atoms with E-state index in [2.05, 4.69) is 10.6 Å². The van der Waals surface area contributed by atoms with Crippen molar-refractivity contribution in [1.82, 2.24) is 15.5 Å². The number of carbonyl (C=O) groups excluding carboxylic acids is 4. The maximum Gasteiger partial charge on any atom is 0.408 e. The molecule has 266 valence electrons. The summed E-state index contributed by atoms with van der Waals surface area (Å²) < 4.78 is 11.3. The Morgan fingerprint density at radius 3 is 1.90 bits per heavy atom. The highest BCUT2D eigenvalue weighted by Gasteiger charge is 2.44. The van der Waals surface area contributed by atoms with Crippen molar-refractivity contribution in [2.45, 2.75) is 144 Å². The second-order valence-electron chi connectivity index (χ2n) is 15.7. The van der Waals surface area contributed by atoms with Gasteiger partial charge in [0.2, 0.25) is 11.8 Å². The minimum Gasteiger partial charge on any atom is -0.458 e. The minimum atomic E-state index is -1.14. The number of hydrogen-bond donors (Lipinski definition) is 2. The van der Waals surface area contributed by atoms with Crippen molar-refractivity contribution in [2.24, 2.45) is 5.92 Å². The Morgan fingerprint density at radius 2 is 1.38 bits per heavy atom. The van der Waals surface area contributed by atoms with Gasteiger partial charge in [0.1, 0.15) is 29.3 Å². The van der Waals surface area contributed by atoms with Gasteiger partial charge in [-0.2, -0.15) is 0 Å². The number of carbonyl (C=O) groups is 4. The second kappa shape index (κ2) is 16.5. The van der Waals surface area contributed by atoms with E-state index >= 15 is 0 Å². The third-order valence-corrected chi connectivity index (χ3v) is 7.98. The molecule has 0 aliphatic rings. The van der Waals surface area contributed by atoms with Gasteiger partial charge in [-0.25, -0.2) is 9.59 Å². The van der Waals surface area contributed by atoms with Gasteiger partial charge < -0.3 is 25.0 Å². The lowest BCUT2D eigenvalue weighted by atomic mass is 9.88. The van der Waals surface area contributed by atoms with E-state index in [1.165, 1.54) is 0 Å². The lowest BCUT2D eigenvalue weighted by Gasteiger charge is -2.45. The summed E-state index contributed by atoms with van der Waals surface area (Å²) in [5, 5.41) is 5.81. The molecule has 0 fully saturated rings. The third kappa shape index (κ3) is 12.3. The average Bonchev–Trinajstić information content (AvgIpc) is 2.94. The van der Waals surface area contributed by atoms with Crippen molar-refractivity contribution in [3.63, 3.8) is 0 Å². The first kappa shape index (κ1) is 40.3. The number of nitrogens with zero attached hydrogens (tertiary/aromatic N) is 1. The Labute approximate surface area is 288 Å². The average molecular weight is 666 g/mol. The van der Waals surface area contributed by atoms with Crippen LogP contribution in [0.5, 0.6) is 0 Å². The van der Waals surface area contributed by atoms with Crippen LogP contribution in [0.1, 0.15) is 117 Å². The zero-order valence-corrected chi connectivity index (χ0v) is 31.4. The molecule has 0 bridgehead atoms. The fourth-order valence-electron chi connectivity index (χ4n) is 5.37. The minimum absolute atomic E-state index is 0.0379. The van der Waals surface area contributed by atoms with E-state index < -0.39 is 58.7 Å². The van der Waals surface area contributed by atoms with E-state index in [0.717, 1.165) is 16.7 Å². The first-order valence-electron chi connectivity index (χ1n) is 17.0. The predicted octanol–water partition coefficient (Wildman–Crippen LogP) is 7.37. The van der Waals surface area contributed by atoms with Crippen molar-refractivity contribution in [3.8, 4) is 0 Å². The van der Waals surface area contributed by atoms with Gasteiger partial charge in [0, 0.05) is 12.0 Å². The molecule has 2 aromatic rings. The molecule has 0 saturated carbocycles. The summed E-state index contributed by atoms with van der Waals surface area (Å²) in [6, 6.07) is 12.1. The number of nitrogens with one attached hydrogen (secondary N) is 2. The SMILES string of the molecule is CCC(C)(C)N(C(=O)C(CC(C)C)NC(=O)OC(C)(C)C)C(C(=O)NC(Cc1ccccc1)C(=O)OC(C)(C)C)c1cc(C)ccc1C. The lowest BCUT2D eigenvalue weighted by Crippen LogP contribution is -2.60. The smallest absolute Gasteiger partial charge is 0.408 e. The highest BCUT2D eigenvalue weighted by atomic mass is 16.6. The van der Waals surface area contributed by atoms with E-state index in [0.29, 0.717) is 18.4 Å². The molecule has 3 unspecified atom stereocenters. The highest BCUT2D eigenvalue weighted by Crippen LogP contribution is 2.35. The van der Waals surface area contributed by atoms with Crippen LogP contribution >= 0.6 is 0 Å². The number of rotatable bonds is 13. The van der Waals surface area contributed by atoms with Crippen LogP contribution in [-0.2, 0) is 30.3 Å². The van der Waals surface area contributed by atoms with E-state index in [1.54, 1.807) is 46.4 Å². The van der Waals surface area contributed by atoms with Crippen LogP contribution in [0.25, 0.3) is 0 Å². The maximum atomic E-state index is 14.9. The highest BCUT2D eigenvalue weighted by molar-refractivity contribution is 5.94. The van der Waals surface area contributed by atoms with Gasteiger partial charge in [-0.1, -0.05) is 74.9 Å². The number of alkyl carbamates (subject to hydrolysis) is 1. The molecule has 0 heterocycles. The molecule has 9 heteroatoms. The zero-order chi connectivity index (χ0) is 36.6. The molecule has 9 nitrogen and oxygen atoms in total. The normalized spacial score (nSPS) is 14.0. The number of benzene rings is 2. The Hall–Kier alpha value is -3.88. The van der Waals surface area contributed by atoms with Crippen LogP contribution in [-0.4, -0.2) is 57.6 Å². The topological polar surface area (TPSA) is 114 Å². The van der Waals surface area contributed by atoms with Crippen LogP contribution < -0.4 is 10.6 Å². The largest absolute Gasteiger partial charge is 0.458 e. The van der Waals surface area contributed by atoms with Gasteiger partial charge in [0.15, 0.2) is 0 Å².